The number of nitrogens with two attached hydrogens (primary N) is 1. The molecule has 14 nitrogen and oxygen atoms in total. The van der Waals surface area contributed by atoms with Gasteiger partial charge in [0.2, 0.25) is 11.8 Å². The molecule has 2 amide bonds. The molecule has 8 heterocycles. The van der Waals surface area contributed by atoms with Crippen LogP contribution in [0.4, 0.5) is 29.1 Å². The van der Waals surface area contributed by atoms with E-state index in [0.29, 0.717) is 61.1 Å². The molecular formula is C51H58ClF4N11O3. The topological polar surface area (TPSA) is 160 Å². The van der Waals surface area contributed by atoms with Crippen LogP contribution >= 0.6 is 11.6 Å². The smallest absolute Gasteiger partial charge is 0.418 e. The maximum atomic E-state index is 16.8. The molecule has 370 valence electrons. The lowest BCUT2D eigenvalue weighted by Gasteiger charge is -2.56. The van der Waals surface area contributed by atoms with Gasteiger partial charge in [0.15, 0.2) is 5.82 Å². The minimum atomic E-state index is -4.89. The highest BCUT2D eigenvalue weighted by atomic mass is 35.5. The van der Waals surface area contributed by atoms with Crippen molar-refractivity contribution in [3.8, 4) is 17.3 Å². The number of pyridine rings is 1. The van der Waals surface area contributed by atoms with E-state index >= 15 is 4.39 Å². The predicted octanol–water partition coefficient (Wildman–Crippen LogP) is 7.72. The fraction of sp³-hybridized carbons (Fsp3) is 0.569. The number of aromatic nitrogens is 5. The molecule has 5 saturated heterocycles. The number of aryl methyl sites for hydroxylation is 1. The van der Waals surface area contributed by atoms with Crippen molar-refractivity contribution >= 4 is 56.7 Å². The summed E-state index contributed by atoms with van der Waals surface area (Å²) in [5.41, 5.74) is 6.82. The van der Waals surface area contributed by atoms with E-state index in [-0.39, 0.29) is 46.5 Å². The fourth-order valence-corrected chi connectivity index (χ4v) is 13.3. The molecule has 5 aromatic rings. The minimum absolute atomic E-state index is 0.00500. The van der Waals surface area contributed by atoms with E-state index in [1.165, 1.54) is 37.4 Å². The Hall–Kier alpha value is -5.17. The maximum absolute atomic E-state index is 16.8. The summed E-state index contributed by atoms with van der Waals surface area (Å²) in [6.07, 6.45) is 8.34. The highest BCUT2D eigenvalue weighted by Gasteiger charge is 2.51. The van der Waals surface area contributed by atoms with Crippen LogP contribution in [0.1, 0.15) is 106 Å². The zero-order valence-electron chi connectivity index (χ0n) is 39.3. The first kappa shape index (κ1) is 45.9. The minimum Gasteiger partial charge on any atom is -0.463 e. The van der Waals surface area contributed by atoms with Crippen molar-refractivity contribution in [2.24, 2.45) is 17.9 Å². The predicted molar refractivity (Wildman–Crippen MR) is 257 cm³/mol. The van der Waals surface area contributed by atoms with Gasteiger partial charge in [-0.3, -0.25) is 24.6 Å². The summed E-state index contributed by atoms with van der Waals surface area (Å²) in [6.45, 7) is 6.77. The molecule has 2 bridgehead atoms. The number of halogens is 5. The average Bonchev–Trinajstić information content (AvgIpc) is 3.90. The zero-order chi connectivity index (χ0) is 48.3. The summed E-state index contributed by atoms with van der Waals surface area (Å²) < 4.78 is 68.1. The number of fused-ring (bicyclic) bond motifs is 4. The van der Waals surface area contributed by atoms with Crippen LogP contribution in [0.5, 0.6) is 6.01 Å². The number of likely N-dealkylation sites (tertiary alicyclic amines) is 2. The van der Waals surface area contributed by atoms with Crippen LogP contribution in [0.3, 0.4) is 0 Å². The molecule has 1 spiro atoms. The Bertz CT molecular complexity index is 2890. The summed E-state index contributed by atoms with van der Waals surface area (Å²) in [5, 5.41) is 11.5. The molecule has 3 unspecified atom stereocenters. The van der Waals surface area contributed by atoms with E-state index in [0.717, 1.165) is 100.0 Å². The van der Waals surface area contributed by atoms with Crippen LogP contribution in [-0.4, -0.2) is 117 Å². The number of nitrogens with zero attached hydrogens (tertiary/aromatic N) is 8. The molecule has 5 aliphatic heterocycles. The normalized spacial score (nSPS) is 25.2. The third-order valence-electron chi connectivity index (χ3n) is 17.1. The number of hydrogen-bond acceptors (Lipinski definition) is 12. The molecule has 3 atom stereocenters. The van der Waals surface area contributed by atoms with E-state index in [4.69, 9.17) is 32.2 Å². The largest absolute Gasteiger partial charge is 0.463 e. The molecule has 2 saturated carbocycles. The first-order valence-corrected chi connectivity index (χ1v) is 25.4. The lowest BCUT2D eigenvalue weighted by atomic mass is 9.59. The summed E-state index contributed by atoms with van der Waals surface area (Å²) in [5.74, 6) is -0.978. The molecule has 19 heteroatoms. The third kappa shape index (κ3) is 8.43. The van der Waals surface area contributed by atoms with E-state index in [1.54, 1.807) is 0 Å². The van der Waals surface area contributed by atoms with Gasteiger partial charge in [0.25, 0.3) is 0 Å². The SMILES string of the molecule is Cn1nc(C2CCC(=O)NC2=O)c2ccc(C3CCN(C4CC5(CCN(CC6(COc7nc(N8CC9CCC(C8)N9)c8cnc(-c9cc(N)cc(Cl)c9C(F)(F)F)c(F)c8n7)CC6)CC5)C4)CC3)cc21. The van der Waals surface area contributed by atoms with Crippen LogP contribution in [0.2, 0.25) is 5.02 Å². The van der Waals surface area contributed by atoms with Gasteiger partial charge in [0.05, 0.1) is 39.7 Å². The van der Waals surface area contributed by atoms with Crippen molar-refractivity contribution in [2.45, 2.75) is 113 Å². The van der Waals surface area contributed by atoms with Crippen LogP contribution < -0.4 is 26.0 Å². The van der Waals surface area contributed by atoms with E-state index in [9.17, 15) is 22.8 Å². The van der Waals surface area contributed by atoms with Crippen molar-refractivity contribution in [3.63, 3.8) is 0 Å². The van der Waals surface area contributed by atoms with Gasteiger partial charge in [-0.1, -0.05) is 23.7 Å². The molecule has 0 radical (unpaired) electrons. The summed E-state index contributed by atoms with van der Waals surface area (Å²) >= 11 is 6.07. The lowest BCUT2D eigenvalue weighted by molar-refractivity contribution is -0.137. The van der Waals surface area contributed by atoms with Crippen LogP contribution in [0.25, 0.3) is 33.1 Å². The van der Waals surface area contributed by atoms with Gasteiger partial charge in [-0.05, 0) is 132 Å². The number of nitrogens with one attached hydrogen (secondary N) is 2. The zero-order valence-corrected chi connectivity index (χ0v) is 40.0. The van der Waals surface area contributed by atoms with Gasteiger partial charge < -0.3 is 30.5 Å². The second-order valence-electron chi connectivity index (χ2n) is 21.7. The molecule has 12 rings (SSSR count). The molecule has 3 aromatic heterocycles. The van der Waals surface area contributed by atoms with Crippen LogP contribution in [0, 0.1) is 16.6 Å². The number of ether oxygens (including phenoxy) is 1. The number of nitrogen functional groups attached to an aromatic ring is 1. The van der Waals surface area contributed by atoms with Crippen molar-refractivity contribution in [1.29, 1.82) is 0 Å². The molecule has 2 aliphatic carbocycles. The number of rotatable bonds is 10. The summed E-state index contributed by atoms with van der Waals surface area (Å²) in [6, 6.07) is 9.73. The highest BCUT2D eigenvalue weighted by molar-refractivity contribution is 6.32. The Morgan fingerprint density at radius 1 is 0.929 bits per heavy atom. The first-order chi connectivity index (χ1) is 33.6. The quantitative estimate of drug-likeness (QED) is 0.0712. The van der Waals surface area contributed by atoms with Gasteiger partial charge >= 0.3 is 12.2 Å². The van der Waals surface area contributed by atoms with E-state index < -0.39 is 39.8 Å². The second kappa shape index (κ2) is 17.3. The molecule has 70 heavy (non-hydrogen) atoms. The van der Waals surface area contributed by atoms with Gasteiger partial charge in [0, 0.05) is 79.5 Å². The Labute approximate surface area is 408 Å². The number of piperazine rings is 1. The van der Waals surface area contributed by atoms with Crippen molar-refractivity contribution in [1.82, 2.24) is 45.2 Å². The number of alkyl halides is 3. The lowest BCUT2D eigenvalue weighted by Crippen LogP contribution is -2.56. The number of amides is 2. The first-order valence-electron chi connectivity index (χ1n) is 25.0. The number of anilines is 2. The average molecular weight is 985 g/mol. The fourth-order valence-electron chi connectivity index (χ4n) is 13.0. The molecule has 4 N–H and O–H groups in total. The third-order valence-corrected chi connectivity index (χ3v) is 17.4. The maximum Gasteiger partial charge on any atom is 0.418 e. The number of imide groups is 1. The monoisotopic (exact) mass is 983 g/mol. The Balaban J connectivity index is 0.675. The Morgan fingerprint density at radius 3 is 2.37 bits per heavy atom. The number of benzene rings is 2. The van der Waals surface area contributed by atoms with Crippen LogP contribution in [0.15, 0.2) is 36.5 Å². The van der Waals surface area contributed by atoms with Gasteiger partial charge in [0.1, 0.15) is 17.0 Å². The molecule has 7 fully saturated rings. The number of carbonyl (C=O) groups is 2. The van der Waals surface area contributed by atoms with Crippen molar-refractivity contribution < 1.29 is 31.9 Å². The number of piperidine rings is 3. The van der Waals surface area contributed by atoms with E-state index in [1.807, 2.05) is 11.7 Å². The van der Waals surface area contributed by atoms with Gasteiger partial charge in [-0.25, -0.2) is 4.39 Å². The Morgan fingerprint density at radius 2 is 1.67 bits per heavy atom. The summed E-state index contributed by atoms with van der Waals surface area (Å²) in [7, 11) is 1.93. The van der Waals surface area contributed by atoms with E-state index in [2.05, 4.69) is 53.5 Å². The Kier molecular flexibility index (Phi) is 11.3. The van der Waals surface area contributed by atoms with Crippen molar-refractivity contribution in [3.05, 3.63) is 64.2 Å². The standard InChI is InChI=1S/C51H58ClF4N11O3/c1-64-39-18-29(2-5-34(39)43(63-64)35-6-7-40(68)60-47(35)69)28-8-14-66(15-9-28)33-21-49(22-33)12-16-65(17-13-49)26-50(10-11-50)27-70-48-61-45-37(46(62-48)67-24-31-3-4-32(25-67)59-31)23-58-44(42(45)53)36-19-30(57)20-38(52)41(36)51(54,55)56/h2,5,18-20,23,28,31-33,35,59H,3-4,6-17,21-22,24-27,57H2,1H3,(H,60,68,69). The van der Waals surface area contributed by atoms with Crippen molar-refractivity contribution in [2.75, 3.05) is 63.1 Å². The van der Waals surface area contributed by atoms with Gasteiger partial charge in [-0.2, -0.15) is 28.2 Å². The summed E-state index contributed by atoms with van der Waals surface area (Å²) in [4.78, 5) is 45.4. The second-order valence-corrected chi connectivity index (χ2v) is 22.1. The highest BCUT2D eigenvalue weighted by Crippen LogP contribution is 2.54. The molecule has 7 aliphatic rings. The molecular weight excluding hydrogens is 926 g/mol. The van der Waals surface area contributed by atoms with Gasteiger partial charge in [-0.15, -0.1) is 0 Å². The molecule has 2 aromatic carbocycles. The number of hydrogen-bond donors (Lipinski definition) is 3. The number of carbonyl (C=O) groups excluding carboxylic acids is 2. The van der Waals surface area contributed by atoms with Crippen LogP contribution in [-0.2, 0) is 22.8 Å².